The van der Waals surface area contributed by atoms with E-state index in [9.17, 15) is 12.8 Å². The molecule has 0 aromatic heterocycles. The van der Waals surface area contributed by atoms with Gasteiger partial charge >= 0.3 is 0 Å². The number of halogens is 1. The zero-order valence-electron chi connectivity index (χ0n) is 14.4. The van der Waals surface area contributed by atoms with Crippen LogP contribution < -0.4 is 0 Å². The van der Waals surface area contributed by atoms with Crippen molar-refractivity contribution in [3.63, 3.8) is 0 Å². The minimum atomic E-state index is -3.69. The molecule has 2 aromatic carbocycles. The number of morpholine rings is 1. The molecule has 2 atom stereocenters. The number of benzene rings is 2. The quantitative estimate of drug-likeness (QED) is 0.838. The van der Waals surface area contributed by atoms with Crippen LogP contribution in [0.15, 0.2) is 53.4 Å². The van der Waals surface area contributed by atoms with Gasteiger partial charge in [-0.1, -0.05) is 30.3 Å². The molecule has 0 N–H and O–H groups in total. The lowest BCUT2D eigenvalue weighted by Crippen LogP contribution is -2.51. The maximum absolute atomic E-state index is 13.5. The van der Waals surface area contributed by atoms with Crippen molar-refractivity contribution < 1.29 is 17.5 Å². The van der Waals surface area contributed by atoms with Crippen LogP contribution in [0.5, 0.6) is 0 Å². The molecule has 6 heteroatoms. The lowest BCUT2D eigenvalue weighted by Gasteiger charge is -2.37. The van der Waals surface area contributed by atoms with Crippen LogP contribution in [-0.4, -0.2) is 38.0 Å². The first-order valence-electron chi connectivity index (χ1n) is 8.31. The lowest BCUT2D eigenvalue weighted by molar-refractivity contribution is -0.0265. The summed E-state index contributed by atoms with van der Waals surface area (Å²) < 4.78 is 46.8. The number of hydrogen-bond acceptors (Lipinski definition) is 3. The molecule has 0 amide bonds. The van der Waals surface area contributed by atoms with E-state index in [0.717, 1.165) is 5.56 Å². The van der Waals surface area contributed by atoms with Crippen molar-refractivity contribution in [2.24, 2.45) is 0 Å². The summed E-state index contributed by atoms with van der Waals surface area (Å²) in [5.41, 5.74) is 1.43. The molecular formula is C19H22FNO3S. The van der Waals surface area contributed by atoms with Gasteiger partial charge in [0.05, 0.1) is 17.6 Å². The highest BCUT2D eigenvalue weighted by Gasteiger charge is 2.35. The highest BCUT2D eigenvalue weighted by Crippen LogP contribution is 2.25. The molecule has 1 aliphatic rings. The van der Waals surface area contributed by atoms with Gasteiger partial charge in [-0.15, -0.1) is 0 Å². The van der Waals surface area contributed by atoms with Gasteiger partial charge in [0.2, 0.25) is 10.0 Å². The first-order valence-corrected chi connectivity index (χ1v) is 9.75. The van der Waals surface area contributed by atoms with E-state index in [1.54, 1.807) is 6.92 Å². The summed E-state index contributed by atoms with van der Waals surface area (Å²) in [5, 5.41) is 0. The Hall–Kier alpha value is -1.76. The number of sulfonamides is 1. The first-order chi connectivity index (χ1) is 11.9. The summed E-state index contributed by atoms with van der Waals surface area (Å²) >= 11 is 0. The van der Waals surface area contributed by atoms with E-state index >= 15 is 0 Å². The van der Waals surface area contributed by atoms with E-state index in [4.69, 9.17) is 4.74 Å². The Morgan fingerprint density at radius 1 is 1.20 bits per heavy atom. The Morgan fingerprint density at radius 3 is 2.60 bits per heavy atom. The van der Waals surface area contributed by atoms with Crippen LogP contribution in [0.4, 0.5) is 4.39 Å². The molecule has 0 bridgehead atoms. The Morgan fingerprint density at radius 2 is 1.92 bits per heavy atom. The average molecular weight is 363 g/mol. The van der Waals surface area contributed by atoms with Crippen LogP contribution in [0.1, 0.15) is 18.1 Å². The topological polar surface area (TPSA) is 46.6 Å². The molecule has 0 radical (unpaired) electrons. The fourth-order valence-corrected chi connectivity index (χ4v) is 4.77. The molecule has 3 rings (SSSR count). The standard InChI is InChI=1S/C19H22FNO3S/c1-14-10-18(8-9-19(14)20)25(22,23)21-12-17(24-13-15(21)2)11-16-6-4-3-5-7-16/h3-10,15,17H,11-13H2,1-2H3. The Kier molecular flexibility index (Phi) is 5.22. The van der Waals surface area contributed by atoms with Gasteiger partial charge in [0.1, 0.15) is 5.82 Å². The largest absolute Gasteiger partial charge is 0.375 e. The van der Waals surface area contributed by atoms with Crippen LogP contribution in [-0.2, 0) is 21.2 Å². The van der Waals surface area contributed by atoms with Gasteiger partial charge in [0, 0.05) is 12.6 Å². The van der Waals surface area contributed by atoms with Gasteiger partial charge in [-0.3, -0.25) is 0 Å². The summed E-state index contributed by atoms with van der Waals surface area (Å²) in [7, 11) is -3.69. The van der Waals surface area contributed by atoms with Crippen LogP contribution in [0.2, 0.25) is 0 Å². The van der Waals surface area contributed by atoms with Crippen molar-refractivity contribution in [3.05, 3.63) is 65.5 Å². The second kappa shape index (κ2) is 7.23. The molecule has 0 aliphatic carbocycles. The molecule has 0 spiro atoms. The van der Waals surface area contributed by atoms with Crippen LogP contribution in [0.3, 0.4) is 0 Å². The molecule has 2 aromatic rings. The zero-order chi connectivity index (χ0) is 18.0. The van der Waals surface area contributed by atoms with Gasteiger partial charge in [-0.2, -0.15) is 4.31 Å². The minimum absolute atomic E-state index is 0.124. The second-order valence-electron chi connectivity index (χ2n) is 6.48. The van der Waals surface area contributed by atoms with E-state index in [1.165, 1.54) is 22.5 Å². The Balaban J connectivity index is 1.82. The molecule has 1 aliphatic heterocycles. The van der Waals surface area contributed by atoms with Gasteiger partial charge in [-0.25, -0.2) is 12.8 Å². The number of aryl methyl sites for hydroxylation is 1. The third kappa shape index (κ3) is 3.92. The van der Waals surface area contributed by atoms with Crippen LogP contribution in [0.25, 0.3) is 0 Å². The molecular weight excluding hydrogens is 341 g/mol. The van der Waals surface area contributed by atoms with Crippen molar-refractivity contribution in [2.45, 2.75) is 37.3 Å². The van der Waals surface area contributed by atoms with Gasteiger partial charge in [-0.05, 0) is 49.6 Å². The van der Waals surface area contributed by atoms with Crippen molar-refractivity contribution in [1.29, 1.82) is 0 Å². The predicted molar refractivity (Wildman–Crippen MR) is 94.4 cm³/mol. The van der Waals surface area contributed by atoms with E-state index in [-0.39, 0.29) is 23.6 Å². The number of ether oxygens (including phenoxy) is 1. The van der Waals surface area contributed by atoms with Crippen LogP contribution >= 0.6 is 0 Å². The summed E-state index contributed by atoms with van der Waals surface area (Å²) in [5.74, 6) is -0.407. The number of rotatable bonds is 4. The summed E-state index contributed by atoms with van der Waals surface area (Å²) in [6.07, 6.45) is 0.456. The maximum Gasteiger partial charge on any atom is 0.243 e. The average Bonchev–Trinajstić information content (AvgIpc) is 2.59. The third-order valence-corrected chi connectivity index (χ3v) is 6.47. The van der Waals surface area contributed by atoms with Gasteiger partial charge in [0.25, 0.3) is 0 Å². The van der Waals surface area contributed by atoms with Gasteiger partial charge < -0.3 is 4.74 Å². The molecule has 2 unspecified atom stereocenters. The molecule has 134 valence electrons. The minimum Gasteiger partial charge on any atom is -0.375 e. The van der Waals surface area contributed by atoms with Crippen molar-refractivity contribution in [2.75, 3.05) is 13.2 Å². The SMILES string of the molecule is Cc1cc(S(=O)(=O)N2CC(Cc3ccccc3)OCC2C)ccc1F. The summed E-state index contributed by atoms with van der Waals surface area (Å²) in [6.45, 7) is 4.02. The highest BCUT2D eigenvalue weighted by atomic mass is 32.2. The highest BCUT2D eigenvalue weighted by molar-refractivity contribution is 7.89. The Bertz CT molecular complexity index is 839. The molecule has 4 nitrogen and oxygen atoms in total. The zero-order valence-corrected chi connectivity index (χ0v) is 15.2. The molecule has 1 fully saturated rings. The fraction of sp³-hybridized carbons (Fsp3) is 0.368. The summed E-state index contributed by atoms with van der Waals surface area (Å²) in [6, 6.07) is 13.5. The normalized spacial score (nSPS) is 22.0. The lowest BCUT2D eigenvalue weighted by atomic mass is 10.1. The van der Waals surface area contributed by atoms with E-state index in [1.807, 2.05) is 37.3 Å². The van der Waals surface area contributed by atoms with Crippen molar-refractivity contribution in [3.8, 4) is 0 Å². The second-order valence-corrected chi connectivity index (χ2v) is 8.37. The molecule has 1 saturated heterocycles. The number of hydrogen-bond donors (Lipinski definition) is 0. The van der Waals surface area contributed by atoms with E-state index in [0.29, 0.717) is 18.6 Å². The smallest absolute Gasteiger partial charge is 0.243 e. The van der Waals surface area contributed by atoms with Gasteiger partial charge in [0.15, 0.2) is 0 Å². The fourth-order valence-electron chi connectivity index (χ4n) is 3.04. The van der Waals surface area contributed by atoms with Crippen LogP contribution in [0, 0.1) is 12.7 Å². The maximum atomic E-state index is 13.5. The Labute approximate surface area is 148 Å². The predicted octanol–water partition coefficient (Wildman–Crippen LogP) is 3.15. The third-order valence-electron chi connectivity index (χ3n) is 4.49. The summed E-state index contributed by atoms with van der Waals surface area (Å²) in [4.78, 5) is 0.124. The molecule has 0 saturated carbocycles. The first kappa shape index (κ1) is 18.0. The molecule has 1 heterocycles. The number of nitrogens with zero attached hydrogens (tertiary/aromatic N) is 1. The molecule has 25 heavy (non-hydrogen) atoms. The van der Waals surface area contributed by atoms with Crippen molar-refractivity contribution in [1.82, 2.24) is 4.31 Å². The van der Waals surface area contributed by atoms with E-state index in [2.05, 4.69) is 0 Å². The van der Waals surface area contributed by atoms with E-state index < -0.39 is 15.8 Å². The van der Waals surface area contributed by atoms with Crippen molar-refractivity contribution >= 4 is 10.0 Å². The monoisotopic (exact) mass is 363 g/mol.